The molecule has 1 aromatic carbocycles. The molecule has 0 aliphatic rings. The molecular formula is C12H16N4O. The zero-order valence-corrected chi connectivity index (χ0v) is 10.2. The average molecular weight is 232 g/mol. The van der Waals surface area contributed by atoms with Gasteiger partial charge in [-0.3, -0.25) is 5.10 Å². The zero-order chi connectivity index (χ0) is 12.4. The first-order valence-corrected chi connectivity index (χ1v) is 5.39. The summed E-state index contributed by atoms with van der Waals surface area (Å²) in [7, 11) is 1.66. The summed E-state index contributed by atoms with van der Waals surface area (Å²) >= 11 is 0. The molecule has 0 radical (unpaired) electrons. The third-order valence-electron chi connectivity index (χ3n) is 2.85. The van der Waals surface area contributed by atoms with Gasteiger partial charge in [0.2, 0.25) is 0 Å². The first-order chi connectivity index (χ1) is 8.13. The number of aryl methyl sites for hydroxylation is 2. The molecule has 0 aliphatic carbocycles. The first kappa shape index (κ1) is 11.6. The SMILES string of the molecule is COc1cc(C)c(C(N)c2ncn[nH]2)cc1C. The fraction of sp³-hybridized carbons (Fsp3) is 0.333. The lowest BCUT2D eigenvalue weighted by Crippen LogP contribution is -2.15. The van der Waals surface area contributed by atoms with Crippen LogP contribution < -0.4 is 10.5 Å². The minimum Gasteiger partial charge on any atom is -0.496 e. The summed E-state index contributed by atoms with van der Waals surface area (Å²) in [6.07, 6.45) is 1.46. The van der Waals surface area contributed by atoms with Crippen LogP contribution in [-0.4, -0.2) is 22.3 Å². The Hall–Kier alpha value is -1.88. The zero-order valence-electron chi connectivity index (χ0n) is 10.2. The molecule has 2 rings (SSSR count). The number of hydrogen-bond donors (Lipinski definition) is 2. The van der Waals surface area contributed by atoms with Gasteiger partial charge >= 0.3 is 0 Å². The smallest absolute Gasteiger partial charge is 0.145 e. The predicted octanol–water partition coefficient (Wildman–Crippen LogP) is 1.48. The van der Waals surface area contributed by atoms with E-state index in [9.17, 15) is 0 Å². The van der Waals surface area contributed by atoms with Crippen LogP contribution in [0.5, 0.6) is 5.75 Å². The number of nitrogens with zero attached hydrogens (tertiary/aromatic N) is 2. The van der Waals surface area contributed by atoms with Crippen molar-refractivity contribution in [2.45, 2.75) is 19.9 Å². The van der Waals surface area contributed by atoms with E-state index in [0.29, 0.717) is 5.82 Å². The summed E-state index contributed by atoms with van der Waals surface area (Å²) < 4.78 is 5.27. The Bertz CT molecular complexity index is 507. The number of benzene rings is 1. The van der Waals surface area contributed by atoms with Crippen molar-refractivity contribution in [3.8, 4) is 5.75 Å². The number of ether oxygens (including phenoxy) is 1. The van der Waals surface area contributed by atoms with Crippen molar-refractivity contribution in [2.75, 3.05) is 7.11 Å². The van der Waals surface area contributed by atoms with Crippen LogP contribution in [0.15, 0.2) is 18.5 Å². The van der Waals surface area contributed by atoms with Gasteiger partial charge in [0.25, 0.3) is 0 Å². The van der Waals surface area contributed by atoms with Crippen LogP contribution >= 0.6 is 0 Å². The van der Waals surface area contributed by atoms with Crippen LogP contribution in [0, 0.1) is 13.8 Å². The summed E-state index contributed by atoms with van der Waals surface area (Å²) in [5, 5.41) is 6.61. The Morgan fingerprint density at radius 1 is 1.29 bits per heavy atom. The molecule has 1 atom stereocenters. The Balaban J connectivity index is 2.42. The third-order valence-corrected chi connectivity index (χ3v) is 2.85. The maximum absolute atomic E-state index is 6.15. The lowest BCUT2D eigenvalue weighted by molar-refractivity contribution is 0.411. The second-order valence-electron chi connectivity index (χ2n) is 4.03. The molecule has 0 spiro atoms. The van der Waals surface area contributed by atoms with E-state index in [0.717, 1.165) is 22.4 Å². The highest BCUT2D eigenvalue weighted by atomic mass is 16.5. The average Bonchev–Trinajstić information content (AvgIpc) is 2.84. The van der Waals surface area contributed by atoms with E-state index in [-0.39, 0.29) is 6.04 Å². The molecule has 0 saturated carbocycles. The Labute approximate surface area is 100 Å². The van der Waals surface area contributed by atoms with Crippen molar-refractivity contribution in [1.29, 1.82) is 0 Å². The Morgan fingerprint density at radius 3 is 2.65 bits per heavy atom. The van der Waals surface area contributed by atoms with Gasteiger partial charge in [0.1, 0.15) is 17.9 Å². The molecule has 0 bridgehead atoms. The van der Waals surface area contributed by atoms with Crippen molar-refractivity contribution in [1.82, 2.24) is 15.2 Å². The van der Waals surface area contributed by atoms with Gasteiger partial charge in [0.05, 0.1) is 13.2 Å². The van der Waals surface area contributed by atoms with E-state index in [2.05, 4.69) is 15.2 Å². The van der Waals surface area contributed by atoms with Crippen molar-refractivity contribution in [3.63, 3.8) is 0 Å². The largest absolute Gasteiger partial charge is 0.496 e. The molecule has 5 nitrogen and oxygen atoms in total. The topological polar surface area (TPSA) is 76.8 Å². The molecule has 0 amide bonds. The molecule has 5 heteroatoms. The molecule has 17 heavy (non-hydrogen) atoms. The van der Waals surface area contributed by atoms with Gasteiger partial charge in [0.15, 0.2) is 0 Å². The number of aromatic amines is 1. The predicted molar refractivity (Wildman–Crippen MR) is 64.9 cm³/mol. The van der Waals surface area contributed by atoms with E-state index < -0.39 is 0 Å². The molecule has 1 unspecified atom stereocenters. The van der Waals surface area contributed by atoms with Crippen LogP contribution in [0.2, 0.25) is 0 Å². The van der Waals surface area contributed by atoms with Gasteiger partial charge in [-0.05, 0) is 36.6 Å². The summed E-state index contributed by atoms with van der Waals surface area (Å²) in [6, 6.07) is 3.73. The quantitative estimate of drug-likeness (QED) is 0.840. The standard InChI is InChI=1S/C12H16N4O/c1-7-5-10(17-3)8(2)4-9(7)11(13)12-14-6-15-16-12/h4-6,11H,13H2,1-3H3,(H,14,15,16). The molecule has 0 fully saturated rings. The van der Waals surface area contributed by atoms with Gasteiger partial charge in [0, 0.05) is 0 Å². The van der Waals surface area contributed by atoms with Crippen LogP contribution in [0.3, 0.4) is 0 Å². The van der Waals surface area contributed by atoms with Crippen LogP contribution in [0.4, 0.5) is 0 Å². The summed E-state index contributed by atoms with van der Waals surface area (Å²) in [5.41, 5.74) is 9.31. The molecule has 0 saturated heterocycles. The maximum atomic E-state index is 6.15. The number of nitrogens with one attached hydrogen (secondary N) is 1. The van der Waals surface area contributed by atoms with Crippen LogP contribution in [0.25, 0.3) is 0 Å². The maximum Gasteiger partial charge on any atom is 0.145 e. The highest BCUT2D eigenvalue weighted by Crippen LogP contribution is 2.27. The normalized spacial score (nSPS) is 12.5. The van der Waals surface area contributed by atoms with Crippen molar-refractivity contribution >= 4 is 0 Å². The van der Waals surface area contributed by atoms with Gasteiger partial charge in [-0.1, -0.05) is 6.07 Å². The van der Waals surface area contributed by atoms with Crippen molar-refractivity contribution < 1.29 is 4.74 Å². The molecule has 0 aliphatic heterocycles. The number of methoxy groups -OCH3 is 1. The highest BCUT2D eigenvalue weighted by molar-refractivity contribution is 5.44. The van der Waals surface area contributed by atoms with Crippen molar-refractivity contribution in [3.05, 3.63) is 41.0 Å². The molecular weight excluding hydrogens is 216 g/mol. The summed E-state index contributed by atoms with van der Waals surface area (Å²) in [6.45, 7) is 4.00. The lowest BCUT2D eigenvalue weighted by atomic mass is 9.98. The second-order valence-corrected chi connectivity index (χ2v) is 4.03. The molecule has 2 aromatic rings. The molecule has 3 N–H and O–H groups in total. The fourth-order valence-corrected chi connectivity index (χ4v) is 1.88. The molecule has 1 heterocycles. The Kier molecular flexibility index (Phi) is 3.10. The molecule has 90 valence electrons. The highest BCUT2D eigenvalue weighted by Gasteiger charge is 2.15. The van der Waals surface area contributed by atoms with Gasteiger partial charge in [-0.2, -0.15) is 5.10 Å². The number of H-pyrrole nitrogens is 1. The minimum atomic E-state index is -0.290. The number of rotatable bonds is 3. The van der Waals surface area contributed by atoms with E-state index in [4.69, 9.17) is 10.5 Å². The number of nitrogens with two attached hydrogens (primary N) is 1. The number of hydrogen-bond acceptors (Lipinski definition) is 4. The van der Waals surface area contributed by atoms with Gasteiger partial charge < -0.3 is 10.5 Å². The minimum absolute atomic E-state index is 0.290. The summed E-state index contributed by atoms with van der Waals surface area (Å²) in [5.74, 6) is 1.54. The number of aromatic nitrogens is 3. The van der Waals surface area contributed by atoms with E-state index >= 15 is 0 Å². The second kappa shape index (κ2) is 4.55. The van der Waals surface area contributed by atoms with Crippen LogP contribution in [-0.2, 0) is 0 Å². The van der Waals surface area contributed by atoms with E-state index in [1.165, 1.54) is 6.33 Å². The summed E-state index contributed by atoms with van der Waals surface area (Å²) in [4.78, 5) is 4.08. The third kappa shape index (κ3) is 2.14. The van der Waals surface area contributed by atoms with Crippen LogP contribution in [0.1, 0.15) is 28.6 Å². The monoisotopic (exact) mass is 232 g/mol. The first-order valence-electron chi connectivity index (χ1n) is 5.39. The van der Waals surface area contributed by atoms with Gasteiger partial charge in [-0.25, -0.2) is 4.98 Å². The van der Waals surface area contributed by atoms with E-state index in [1.54, 1.807) is 7.11 Å². The lowest BCUT2D eigenvalue weighted by Gasteiger charge is -2.15. The Morgan fingerprint density at radius 2 is 2.06 bits per heavy atom. The fourth-order valence-electron chi connectivity index (χ4n) is 1.88. The molecule has 1 aromatic heterocycles. The van der Waals surface area contributed by atoms with Crippen molar-refractivity contribution in [2.24, 2.45) is 5.73 Å². The van der Waals surface area contributed by atoms with Gasteiger partial charge in [-0.15, -0.1) is 0 Å². The van der Waals surface area contributed by atoms with E-state index in [1.807, 2.05) is 26.0 Å².